The van der Waals surface area contributed by atoms with E-state index < -0.39 is 0 Å². The molecule has 1 aromatic heterocycles. The van der Waals surface area contributed by atoms with Gasteiger partial charge in [0.1, 0.15) is 11.6 Å². The third-order valence-corrected chi connectivity index (χ3v) is 5.50. The lowest BCUT2D eigenvalue weighted by Crippen LogP contribution is -2.11. The average Bonchev–Trinajstić information content (AvgIpc) is 3.10. The third-order valence-electron chi connectivity index (χ3n) is 4.26. The minimum Gasteiger partial charge on any atom is -0.401 e. The van der Waals surface area contributed by atoms with Crippen LogP contribution in [0.3, 0.4) is 0 Å². The van der Waals surface area contributed by atoms with Crippen LogP contribution in [0.5, 0.6) is 0 Å². The molecule has 3 rings (SSSR count). The van der Waals surface area contributed by atoms with Gasteiger partial charge in [-0.25, -0.2) is 4.98 Å². The molecule has 7 heteroatoms. The van der Waals surface area contributed by atoms with Crippen LogP contribution in [0.25, 0.3) is 11.3 Å². The molecule has 0 bridgehead atoms. The summed E-state index contributed by atoms with van der Waals surface area (Å²) in [5.41, 5.74) is 8.88. The molecule has 0 saturated carbocycles. The van der Waals surface area contributed by atoms with E-state index in [1.807, 2.05) is 60.7 Å². The Hall–Kier alpha value is -3.01. The molecule has 3 aromatic rings. The van der Waals surface area contributed by atoms with Gasteiger partial charge in [-0.15, -0.1) is 0 Å². The number of carbonyl (C=O) groups excluding carboxylic acids is 1. The molecule has 146 valence electrons. The molecule has 5 nitrogen and oxygen atoms in total. The van der Waals surface area contributed by atoms with Crippen LogP contribution in [-0.2, 0) is 11.3 Å². The molecule has 0 unspecified atom stereocenters. The molecule has 0 aliphatic rings. The Morgan fingerprint density at radius 3 is 2.52 bits per heavy atom. The van der Waals surface area contributed by atoms with E-state index in [0.29, 0.717) is 16.7 Å². The second-order valence-electron chi connectivity index (χ2n) is 6.39. The third kappa shape index (κ3) is 5.08. The van der Waals surface area contributed by atoms with Crippen LogP contribution in [-0.4, -0.2) is 21.1 Å². The maximum atomic E-state index is 12.3. The summed E-state index contributed by atoms with van der Waals surface area (Å²) in [6.07, 6.45) is 1.79. The lowest BCUT2D eigenvalue weighted by molar-refractivity contribution is -0.112. The maximum absolute atomic E-state index is 12.3. The van der Waals surface area contributed by atoms with Gasteiger partial charge in [0.15, 0.2) is 10.9 Å². The molecular weight excluding hydrogens is 404 g/mol. The normalized spacial score (nSPS) is 11.6. The van der Waals surface area contributed by atoms with Gasteiger partial charge >= 0.3 is 0 Å². The Balaban J connectivity index is 1.92. The van der Waals surface area contributed by atoms with Crippen molar-refractivity contribution >= 4 is 29.1 Å². The predicted molar refractivity (Wildman–Crippen MR) is 116 cm³/mol. The summed E-state index contributed by atoms with van der Waals surface area (Å²) in [6, 6.07) is 19.4. The first-order valence-electron chi connectivity index (χ1n) is 8.87. The van der Waals surface area contributed by atoms with Crippen molar-refractivity contribution < 1.29 is 4.79 Å². The molecule has 1 heterocycles. The SMILES string of the molecule is C/C(N)=C(/C#N)C(=O)CSc1ncc(-c2ccc(Cl)cc2)n1Cc1ccccc1. The zero-order chi connectivity index (χ0) is 20.8. The number of Topliss-reactive ketones (excluding diaryl/α,β-unsaturated/α-hetero) is 1. The van der Waals surface area contributed by atoms with Crippen molar-refractivity contribution in [2.24, 2.45) is 5.73 Å². The van der Waals surface area contributed by atoms with Crippen LogP contribution in [0.4, 0.5) is 0 Å². The largest absolute Gasteiger partial charge is 0.401 e. The maximum Gasteiger partial charge on any atom is 0.185 e. The number of ketones is 1. The Bertz CT molecular complexity index is 1080. The Labute approximate surface area is 178 Å². The van der Waals surface area contributed by atoms with Crippen LogP contribution in [0.2, 0.25) is 5.02 Å². The minimum atomic E-state index is -0.306. The summed E-state index contributed by atoms with van der Waals surface area (Å²) in [7, 11) is 0. The highest BCUT2D eigenvalue weighted by atomic mass is 35.5. The van der Waals surface area contributed by atoms with Crippen LogP contribution in [0.15, 0.2) is 77.2 Å². The van der Waals surface area contributed by atoms with Crippen molar-refractivity contribution in [1.29, 1.82) is 5.26 Å². The van der Waals surface area contributed by atoms with Crippen molar-refractivity contribution in [2.45, 2.75) is 18.6 Å². The smallest absolute Gasteiger partial charge is 0.185 e. The van der Waals surface area contributed by atoms with E-state index in [-0.39, 0.29) is 22.8 Å². The van der Waals surface area contributed by atoms with Gasteiger partial charge in [0.2, 0.25) is 0 Å². The summed E-state index contributed by atoms with van der Waals surface area (Å²) in [5, 5.41) is 10.5. The van der Waals surface area contributed by atoms with Gasteiger partial charge in [0.25, 0.3) is 0 Å². The number of thioether (sulfide) groups is 1. The molecule has 0 aliphatic heterocycles. The summed E-state index contributed by atoms with van der Waals surface area (Å²) in [6.45, 7) is 2.16. The molecule has 0 aliphatic carbocycles. The average molecular weight is 423 g/mol. The number of nitrogens with two attached hydrogens (primary N) is 1. The summed E-state index contributed by atoms with van der Waals surface area (Å²) >= 11 is 7.31. The first kappa shape index (κ1) is 20.7. The van der Waals surface area contributed by atoms with E-state index >= 15 is 0 Å². The predicted octanol–water partition coefficient (Wildman–Crippen LogP) is 4.67. The first-order chi connectivity index (χ1) is 14.0. The number of benzene rings is 2. The zero-order valence-corrected chi connectivity index (χ0v) is 17.4. The zero-order valence-electron chi connectivity index (χ0n) is 15.8. The standard InChI is InChI=1S/C22H19ClN4OS/c1-15(25)19(11-24)21(28)14-29-22-26-12-20(17-7-9-18(23)10-8-17)27(22)13-16-5-3-2-4-6-16/h2-10,12H,13-14,25H2,1H3/b19-15+. The molecule has 0 spiro atoms. The van der Waals surface area contributed by atoms with E-state index in [9.17, 15) is 4.79 Å². The highest BCUT2D eigenvalue weighted by Gasteiger charge is 2.17. The molecule has 0 saturated heterocycles. The van der Waals surface area contributed by atoms with E-state index in [0.717, 1.165) is 16.8 Å². The quantitative estimate of drug-likeness (QED) is 0.339. The fraction of sp³-hybridized carbons (Fsp3) is 0.136. The number of aromatic nitrogens is 2. The van der Waals surface area contributed by atoms with Gasteiger partial charge < -0.3 is 10.3 Å². The van der Waals surface area contributed by atoms with Crippen molar-refractivity contribution in [3.05, 3.63) is 82.7 Å². The number of allylic oxidation sites excluding steroid dienone is 2. The van der Waals surface area contributed by atoms with Gasteiger partial charge in [-0.3, -0.25) is 4.79 Å². The van der Waals surface area contributed by atoms with Crippen LogP contribution in [0.1, 0.15) is 12.5 Å². The summed E-state index contributed by atoms with van der Waals surface area (Å²) < 4.78 is 2.06. The number of nitrogens with zero attached hydrogens (tertiary/aromatic N) is 3. The van der Waals surface area contributed by atoms with E-state index in [4.69, 9.17) is 22.6 Å². The summed E-state index contributed by atoms with van der Waals surface area (Å²) in [5.74, 6) is -0.219. The lowest BCUT2D eigenvalue weighted by Gasteiger charge is -2.12. The fourth-order valence-corrected chi connectivity index (χ4v) is 3.79. The molecule has 0 atom stereocenters. The fourth-order valence-electron chi connectivity index (χ4n) is 2.82. The molecule has 0 radical (unpaired) electrons. The number of hydrogen-bond acceptors (Lipinski definition) is 5. The lowest BCUT2D eigenvalue weighted by atomic mass is 10.1. The summed E-state index contributed by atoms with van der Waals surface area (Å²) in [4.78, 5) is 16.9. The Morgan fingerprint density at radius 2 is 1.90 bits per heavy atom. The highest BCUT2D eigenvalue weighted by Crippen LogP contribution is 2.28. The van der Waals surface area contributed by atoms with Crippen molar-refractivity contribution in [2.75, 3.05) is 5.75 Å². The van der Waals surface area contributed by atoms with Crippen LogP contribution in [0, 0.1) is 11.3 Å². The van der Waals surface area contributed by atoms with Gasteiger partial charge in [-0.05, 0) is 30.2 Å². The van der Waals surface area contributed by atoms with E-state index in [1.165, 1.54) is 11.8 Å². The van der Waals surface area contributed by atoms with Gasteiger partial charge in [0, 0.05) is 10.7 Å². The molecular formula is C22H19ClN4OS. The van der Waals surface area contributed by atoms with Gasteiger partial charge in [-0.1, -0.05) is 65.8 Å². The van der Waals surface area contributed by atoms with Crippen LogP contribution >= 0.6 is 23.4 Å². The van der Waals surface area contributed by atoms with Crippen molar-refractivity contribution in [3.63, 3.8) is 0 Å². The second-order valence-corrected chi connectivity index (χ2v) is 7.77. The van der Waals surface area contributed by atoms with E-state index in [2.05, 4.69) is 9.55 Å². The number of halogens is 1. The van der Waals surface area contributed by atoms with Gasteiger partial charge in [0.05, 0.1) is 24.2 Å². The number of imidazole rings is 1. The van der Waals surface area contributed by atoms with Crippen molar-refractivity contribution in [3.8, 4) is 17.3 Å². The van der Waals surface area contributed by atoms with Gasteiger partial charge in [-0.2, -0.15) is 5.26 Å². The topological polar surface area (TPSA) is 84.7 Å². The Morgan fingerprint density at radius 1 is 1.21 bits per heavy atom. The molecule has 2 N–H and O–H groups in total. The number of nitriles is 1. The number of rotatable bonds is 7. The molecule has 2 aromatic carbocycles. The van der Waals surface area contributed by atoms with Crippen molar-refractivity contribution in [1.82, 2.24) is 9.55 Å². The van der Waals surface area contributed by atoms with E-state index in [1.54, 1.807) is 13.1 Å². The molecule has 0 amide bonds. The highest BCUT2D eigenvalue weighted by molar-refractivity contribution is 7.99. The van der Waals surface area contributed by atoms with Crippen LogP contribution < -0.4 is 5.73 Å². The number of carbonyl (C=O) groups is 1. The monoisotopic (exact) mass is 422 g/mol. The first-order valence-corrected chi connectivity index (χ1v) is 10.2. The molecule has 0 fully saturated rings. The minimum absolute atomic E-state index is 0.00316. The Kier molecular flexibility index (Phi) is 6.76. The number of hydrogen-bond donors (Lipinski definition) is 1. The second kappa shape index (κ2) is 9.46. The molecule has 29 heavy (non-hydrogen) atoms.